The highest BCUT2D eigenvalue weighted by Gasteiger charge is 2.18. The number of amides is 2. The number of nitrogens with one attached hydrogen (secondary N) is 2. The van der Waals surface area contributed by atoms with E-state index in [2.05, 4.69) is 28.8 Å². The Labute approximate surface area is 127 Å². The Morgan fingerprint density at radius 2 is 1.67 bits per heavy atom. The second kappa shape index (κ2) is 6.97. The molecule has 0 unspecified atom stereocenters. The summed E-state index contributed by atoms with van der Waals surface area (Å²) in [5.41, 5.74) is 2.31. The monoisotopic (exact) mass is 286 g/mol. The maximum atomic E-state index is 12.0. The molecule has 3 rings (SSSR count). The van der Waals surface area contributed by atoms with Crippen molar-refractivity contribution in [2.45, 2.75) is 69.7 Å². The van der Waals surface area contributed by atoms with Crippen molar-refractivity contribution in [3.05, 3.63) is 29.8 Å². The van der Waals surface area contributed by atoms with E-state index in [0.717, 1.165) is 18.5 Å². The van der Waals surface area contributed by atoms with Crippen LogP contribution in [0, 0.1) is 0 Å². The second-order valence-electron chi connectivity index (χ2n) is 6.54. The van der Waals surface area contributed by atoms with Crippen LogP contribution in [0.3, 0.4) is 0 Å². The third kappa shape index (κ3) is 3.99. The van der Waals surface area contributed by atoms with Gasteiger partial charge in [0.15, 0.2) is 0 Å². The van der Waals surface area contributed by atoms with Crippen molar-refractivity contribution in [1.29, 1.82) is 0 Å². The Balaban J connectivity index is 1.58. The molecule has 2 saturated carbocycles. The van der Waals surface area contributed by atoms with Crippen molar-refractivity contribution in [2.24, 2.45) is 0 Å². The average Bonchev–Trinajstić information content (AvgIpc) is 3.01. The highest BCUT2D eigenvalue weighted by molar-refractivity contribution is 5.89. The van der Waals surface area contributed by atoms with Crippen LogP contribution in [0.4, 0.5) is 10.5 Å². The summed E-state index contributed by atoms with van der Waals surface area (Å²) in [4.78, 5) is 12.0. The van der Waals surface area contributed by atoms with E-state index in [1.807, 2.05) is 6.07 Å². The van der Waals surface area contributed by atoms with Gasteiger partial charge in [0.1, 0.15) is 0 Å². The van der Waals surface area contributed by atoms with Crippen LogP contribution in [-0.4, -0.2) is 12.1 Å². The molecule has 2 fully saturated rings. The van der Waals surface area contributed by atoms with E-state index in [0.29, 0.717) is 12.0 Å². The molecule has 0 saturated heterocycles. The minimum Gasteiger partial charge on any atom is -0.335 e. The molecule has 3 nitrogen and oxygen atoms in total. The lowest BCUT2D eigenvalue weighted by atomic mass is 9.84. The summed E-state index contributed by atoms with van der Waals surface area (Å²) in [5, 5.41) is 6.07. The Kier molecular flexibility index (Phi) is 4.79. The van der Waals surface area contributed by atoms with Gasteiger partial charge in [-0.1, -0.05) is 44.2 Å². The first-order valence-corrected chi connectivity index (χ1v) is 8.49. The summed E-state index contributed by atoms with van der Waals surface area (Å²) in [6.07, 6.45) is 11.3. The van der Waals surface area contributed by atoms with Gasteiger partial charge in [0.2, 0.25) is 0 Å². The lowest BCUT2D eigenvalue weighted by molar-refractivity contribution is 0.248. The van der Waals surface area contributed by atoms with E-state index in [1.54, 1.807) is 0 Å². The van der Waals surface area contributed by atoms with Crippen LogP contribution in [0.1, 0.15) is 69.3 Å². The van der Waals surface area contributed by atoms with Gasteiger partial charge in [-0.3, -0.25) is 0 Å². The summed E-state index contributed by atoms with van der Waals surface area (Å²) >= 11 is 0. The van der Waals surface area contributed by atoms with Crippen molar-refractivity contribution in [3.63, 3.8) is 0 Å². The summed E-state index contributed by atoms with van der Waals surface area (Å²) < 4.78 is 0. The molecular formula is C18H26N2O. The average molecular weight is 286 g/mol. The van der Waals surface area contributed by atoms with E-state index in [1.165, 1.54) is 50.5 Å². The van der Waals surface area contributed by atoms with Crippen LogP contribution in [0.25, 0.3) is 0 Å². The van der Waals surface area contributed by atoms with Gasteiger partial charge in [0.25, 0.3) is 0 Å². The molecule has 0 atom stereocenters. The van der Waals surface area contributed by atoms with Crippen molar-refractivity contribution in [1.82, 2.24) is 5.32 Å². The number of hydrogen-bond donors (Lipinski definition) is 2. The molecule has 2 aliphatic carbocycles. The van der Waals surface area contributed by atoms with Crippen molar-refractivity contribution < 1.29 is 4.79 Å². The molecule has 3 heteroatoms. The van der Waals surface area contributed by atoms with Crippen LogP contribution in [-0.2, 0) is 0 Å². The molecule has 0 spiro atoms. The molecule has 0 radical (unpaired) electrons. The smallest absolute Gasteiger partial charge is 0.319 e. The molecule has 0 heterocycles. The number of urea groups is 1. The zero-order valence-corrected chi connectivity index (χ0v) is 12.7. The highest BCUT2D eigenvalue weighted by Crippen LogP contribution is 2.33. The molecule has 0 aliphatic heterocycles. The van der Waals surface area contributed by atoms with Gasteiger partial charge < -0.3 is 10.6 Å². The summed E-state index contributed by atoms with van der Waals surface area (Å²) in [6, 6.07) is 8.73. The summed E-state index contributed by atoms with van der Waals surface area (Å²) in [5.74, 6) is 0.679. The first-order chi connectivity index (χ1) is 10.3. The van der Waals surface area contributed by atoms with Gasteiger partial charge >= 0.3 is 6.03 Å². The molecule has 21 heavy (non-hydrogen) atoms. The van der Waals surface area contributed by atoms with Crippen molar-refractivity contribution >= 4 is 11.7 Å². The highest BCUT2D eigenvalue weighted by atomic mass is 16.2. The number of carbonyl (C=O) groups excluding carboxylic acids is 1. The van der Waals surface area contributed by atoms with Gasteiger partial charge in [0.05, 0.1) is 0 Å². The van der Waals surface area contributed by atoms with Crippen LogP contribution >= 0.6 is 0 Å². The number of anilines is 1. The number of carbonyl (C=O) groups is 1. The van der Waals surface area contributed by atoms with E-state index in [9.17, 15) is 4.79 Å². The lowest BCUT2D eigenvalue weighted by Crippen LogP contribution is -2.36. The fraction of sp³-hybridized carbons (Fsp3) is 0.611. The van der Waals surface area contributed by atoms with Gasteiger partial charge in [-0.25, -0.2) is 4.79 Å². The standard InChI is InChI=1S/C18H26N2O/c21-18(19-16-10-4-5-11-16)20-17-12-6-9-15(13-17)14-7-2-1-3-8-14/h6,9,12-14,16H,1-5,7-8,10-11H2,(H2,19,20,21). The fourth-order valence-corrected chi connectivity index (χ4v) is 3.73. The largest absolute Gasteiger partial charge is 0.335 e. The molecule has 0 aromatic heterocycles. The molecule has 2 amide bonds. The predicted molar refractivity (Wildman–Crippen MR) is 86.7 cm³/mol. The maximum Gasteiger partial charge on any atom is 0.319 e. The second-order valence-corrected chi connectivity index (χ2v) is 6.54. The van der Waals surface area contributed by atoms with Crippen LogP contribution in [0.5, 0.6) is 0 Å². The third-order valence-electron chi connectivity index (χ3n) is 4.91. The zero-order valence-electron chi connectivity index (χ0n) is 12.7. The van der Waals surface area contributed by atoms with Crippen molar-refractivity contribution in [2.75, 3.05) is 5.32 Å². The quantitative estimate of drug-likeness (QED) is 0.823. The molecule has 2 N–H and O–H groups in total. The molecular weight excluding hydrogens is 260 g/mol. The Morgan fingerprint density at radius 3 is 2.43 bits per heavy atom. The van der Waals surface area contributed by atoms with E-state index in [-0.39, 0.29) is 6.03 Å². The van der Waals surface area contributed by atoms with Crippen LogP contribution in [0.2, 0.25) is 0 Å². The first-order valence-electron chi connectivity index (χ1n) is 8.49. The van der Waals surface area contributed by atoms with Gasteiger partial charge in [-0.2, -0.15) is 0 Å². The maximum absolute atomic E-state index is 12.0. The topological polar surface area (TPSA) is 41.1 Å². The zero-order chi connectivity index (χ0) is 14.5. The molecule has 0 bridgehead atoms. The van der Waals surface area contributed by atoms with E-state index in [4.69, 9.17) is 0 Å². The Hall–Kier alpha value is -1.51. The van der Waals surface area contributed by atoms with Gasteiger partial charge in [-0.15, -0.1) is 0 Å². The first kappa shape index (κ1) is 14.4. The minimum atomic E-state index is -0.0531. The van der Waals surface area contributed by atoms with Crippen LogP contribution < -0.4 is 10.6 Å². The van der Waals surface area contributed by atoms with Gasteiger partial charge in [-0.05, 0) is 49.3 Å². The minimum absolute atomic E-state index is 0.0531. The molecule has 2 aliphatic rings. The number of benzene rings is 1. The van der Waals surface area contributed by atoms with E-state index < -0.39 is 0 Å². The molecule has 1 aromatic carbocycles. The Morgan fingerprint density at radius 1 is 0.952 bits per heavy atom. The summed E-state index contributed by atoms with van der Waals surface area (Å²) in [7, 11) is 0. The normalized spacial score (nSPS) is 20.4. The number of hydrogen-bond acceptors (Lipinski definition) is 1. The lowest BCUT2D eigenvalue weighted by Gasteiger charge is -2.22. The molecule has 114 valence electrons. The fourth-order valence-electron chi connectivity index (χ4n) is 3.73. The number of rotatable bonds is 3. The van der Waals surface area contributed by atoms with Crippen LogP contribution in [0.15, 0.2) is 24.3 Å². The Bertz CT molecular complexity index is 474. The summed E-state index contributed by atoms with van der Waals surface area (Å²) in [6.45, 7) is 0. The van der Waals surface area contributed by atoms with Crippen molar-refractivity contribution in [3.8, 4) is 0 Å². The third-order valence-corrected chi connectivity index (χ3v) is 4.91. The predicted octanol–water partition coefficient (Wildman–Crippen LogP) is 4.80. The molecule has 1 aromatic rings. The van der Waals surface area contributed by atoms with Gasteiger partial charge in [0, 0.05) is 11.7 Å². The SMILES string of the molecule is O=C(Nc1cccc(C2CCCCC2)c1)NC1CCCC1. The van der Waals surface area contributed by atoms with E-state index >= 15 is 0 Å².